The number of carbonyl (C=O) groups is 1. The van der Waals surface area contributed by atoms with E-state index in [1.165, 1.54) is 48.5 Å². The molecule has 0 fully saturated rings. The van der Waals surface area contributed by atoms with E-state index in [-0.39, 0.29) is 22.8 Å². The fourth-order valence-corrected chi connectivity index (χ4v) is 1.06. The van der Waals surface area contributed by atoms with Crippen LogP contribution in [0, 0.1) is 0 Å². The van der Waals surface area contributed by atoms with Crippen molar-refractivity contribution < 1.29 is 25.2 Å². The van der Waals surface area contributed by atoms with E-state index < -0.39 is 5.97 Å². The first kappa shape index (κ1) is 13.4. The van der Waals surface area contributed by atoms with Gasteiger partial charge in [0.15, 0.2) is 0 Å². The summed E-state index contributed by atoms with van der Waals surface area (Å²) < 4.78 is 0. The third-order valence-electron chi connectivity index (χ3n) is 1.96. The van der Waals surface area contributed by atoms with E-state index in [1.807, 2.05) is 0 Å². The minimum atomic E-state index is -0.986. The molecule has 0 aromatic heterocycles. The molecule has 2 aromatic carbocycles. The molecule has 5 nitrogen and oxygen atoms in total. The van der Waals surface area contributed by atoms with E-state index in [4.69, 9.17) is 20.4 Å². The molecule has 2 rings (SSSR count). The second kappa shape index (κ2) is 6.15. The van der Waals surface area contributed by atoms with Gasteiger partial charge in [0, 0.05) is 0 Å². The summed E-state index contributed by atoms with van der Waals surface area (Å²) in [5.74, 6) is -0.574. The van der Waals surface area contributed by atoms with Crippen LogP contribution in [0.15, 0.2) is 48.5 Å². The van der Waals surface area contributed by atoms with Crippen molar-refractivity contribution in [3.05, 3.63) is 54.1 Å². The molecule has 5 heteroatoms. The SMILES string of the molecule is O=C(O)c1ccc(O)cc1.Oc1ccc(O)cc1. The number of aromatic hydroxyl groups is 3. The highest BCUT2D eigenvalue weighted by Gasteiger charge is 1.99. The highest BCUT2D eigenvalue weighted by atomic mass is 16.4. The zero-order valence-corrected chi connectivity index (χ0v) is 9.32. The maximum atomic E-state index is 10.2. The predicted octanol–water partition coefficient (Wildman–Crippen LogP) is 2.19. The van der Waals surface area contributed by atoms with Crippen LogP contribution in [0.3, 0.4) is 0 Å². The number of aromatic carboxylic acids is 1. The van der Waals surface area contributed by atoms with Crippen LogP contribution in [-0.2, 0) is 0 Å². The number of hydrogen-bond acceptors (Lipinski definition) is 4. The normalized spacial score (nSPS) is 9.11. The molecule has 0 amide bonds. The van der Waals surface area contributed by atoms with Crippen LogP contribution in [0.25, 0.3) is 0 Å². The zero-order valence-electron chi connectivity index (χ0n) is 9.32. The minimum Gasteiger partial charge on any atom is -0.508 e. The molecule has 0 unspecified atom stereocenters. The molecule has 0 aliphatic carbocycles. The van der Waals surface area contributed by atoms with Gasteiger partial charge in [-0.15, -0.1) is 0 Å². The lowest BCUT2D eigenvalue weighted by Gasteiger charge is -1.92. The second-order valence-corrected chi connectivity index (χ2v) is 3.37. The summed E-state index contributed by atoms with van der Waals surface area (Å²) in [5, 5.41) is 34.4. The van der Waals surface area contributed by atoms with Crippen molar-refractivity contribution in [1.82, 2.24) is 0 Å². The Morgan fingerprint density at radius 2 is 0.944 bits per heavy atom. The monoisotopic (exact) mass is 248 g/mol. The number of carboxylic acid groups (broad SMARTS) is 1. The number of phenolic OH excluding ortho intramolecular Hbond substituents is 3. The maximum absolute atomic E-state index is 10.2. The number of benzene rings is 2. The van der Waals surface area contributed by atoms with Gasteiger partial charge in [-0.3, -0.25) is 0 Å². The Labute approximate surface area is 103 Å². The largest absolute Gasteiger partial charge is 0.508 e. The summed E-state index contributed by atoms with van der Waals surface area (Å²) in [6.45, 7) is 0. The Morgan fingerprint density at radius 3 is 1.22 bits per heavy atom. The van der Waals surface area contributed by atoms with Gasteiger partial charge in [0.25, 0.3) is 0 Å². The predicted molar refractivity (Wildman–Crippen MR) is 64.8 cm³/mol. The Morgan fingerprint density at radius 1 is 0.667 bits per heavy atom. The Kier molecular flexibility index (Phi) is 4.57. The van der Waals surface area contributed by atoms with E-state index in [0.717, 1.165) is 0 Å². The van der Waals surface area contributed by atoms with Crippen LogP contribution in [0.5, 0.6) is 17.2 Å². The quantitative estimate of drug-likeness (QED) is 0.580. The van der Waals surface area contributed by atoms with Crippen LogP contribution < -0.4 is 0 Å². The summed E-state index contributed by atoms with van der Waals surface area (Å²) in [6.07, 6.45) is 0. The summed E-state index contributed by atoms with van der Waals surface area (Å²) in [4.78, 5) is 10.2. The number of phenols is 3. The first-order chi connectivity index (χ1) is 8.49. The van der Waals surface area contributed by atoms with Crippen LogP contribution in [0.4, 0.5) is 0 Å². The van der Waals surface area contributed by atoms with E-state index in [1.54, 1.807) is 0 Å². The summed E-state index contributed by atoms with van der Waals surface area (Å²) in [5.41, 5.74) is 0.179. The van der Waals surface area contributed by atoms with E-state index >= 15 is 0 Å². The van der Waals surface area contributed by atoms with Crippen LogP contribution in [-0.4, -0.2) is 26.4 Å². The van der Waals surface area contributed by atoms with Crippen molar-refractivity contribution in [2.75, 3.05) is 0 Å². The maximum Gasteiger partial charge on any atom is 0.335 e. The topological polar surface area (TPSA) is 98.0 Å². The molecule has 0 aliphatic heterocycles. The van der Waals surface area contributed by atoms with Gasteiger partial charge >= 0.3 is 5.97 Å². The fraction of sp³-hybridized carbons (Fsp3) is 0. The van der Waals surface area contributed by atoms with Crippen molar-refractivity contribution >= 4 is 5.97 Å². The average Bonchev–Trinajstić information content (AvgIpc) is 2.34. The molecule has 0 radical (unpaired) electrons. The lowest BCUT2D eigenvalue weighted by molar-refractivity contribution is 0.0697. The average molecular weight is 248 g/mol. The first-order valence-electron chi connectivity index (χ1n) is 4.99. The first-order valence-corrected chi connectivity index (χ1v) is 4.99. The van der Waals surface area contributed by atoms with Gasteiger partial charge in [0.2, 0.25) is 0 Å². The smallest absolute Gasteiger partial charge is 0.335 e. The van der Waals surface area contributed by atoms with Gasteiger partial charge in [-0.2, -0.15) is 0 Å². The third-order valence-corrected chi connectivity index (χ3v) is 1.96. The summed E-state index contributed by atoms with van der Waals surface area (Å²) >= 11 is 0. The molecule has 0 bridgehead atoms. The van der Waals surface area contributed by atoms with Gasteiger partial charge in [-0.25, -0.2) is 4.79 Å². The van der Waals surface area contributed by atoms with Crippen molar-refractivity contribution in [2.24, 2.45) is 0 Å². The molecule has 0 saturated heterocycles. The Hall–Kier alpha value is -2.69. The zero-order chi connectivity index (χ0) is 13.5. The minimum absolute atomic E-state index is 0.0741. The van der Waals surface area contributed by atoms with Gasteiger partial charge < -0.3 is 20.4 Å². The number of hydrogen-bond donors (Lipinski definition) is 4. The van der Waals surface area contributed by atoms with E-state index in [9.17, 15) is 4.79 Å². The van der Waals surface area contributed by atoms with Crippen molar-refractivity contribution in [3.63, 3.8) is 0 Å². The van der Waals surface area contributed by atoms with E-state index in [0.29, 0.717) is 0 Å². The highest BCUT2D eigenvalue weighted by molar-refractivity contribution is 5.87. The van der Waals surface area contributed by atoms with Crippen molar-refractivity contribution in [2.45, 2.75) is 0 Å². The lowest BCUT2D eigenvalue weighted by Crippen LogP contribution is -1.93. The van der Waals surface area contributed by atoms with Gasteiger partial charge in [0.05, 0.1) is 5.56 Å². The van der Waals surface area contributed by atoms with Crippen molar-refractivity contribution in [3.8, 4) is 17.2 Å². The molecule has 2 aromatic rings. The fourth-order valence-electron chi connectivity index (χ4n) is 1.06. The van der Waals surface area contributed by atoms with Crippen molar-refractivity contribution in [1.29, 1.82) is 0 Å². The molecule has 4 N–H and O–H groups in total. The molecule has 0 spiro atoms. The third kappa shape index (κ3) is 4.44. The van der Waals surface area contributed by atoms with Crippen LogP contribution in [0.2, 0.25) is 0 Å². The number of carboxylic acids is 1. The van der Waals surface area contributed by atoms with Gasteiger partial charge in [0.1, 0.15) is 17.2 Å². The standard InChI is InChI=1S/C7H6O3.C6H6O2/c8-6-3-1-5(2-4-6)7(9)10;7-5-1-2-6(8)4-3-5/h1-4,8H,(H,9,10);1-4,7-8H. The summed E-state index contributed by atoms with van der Waals surface area (Å²) in [7, 11) is 0. The van der Waals surface area contributed by atoms with Crippen LogP contribution >= 0.6 is 0 Å². The Balaban J connectivity index is 0.000000184. The molecule has 0 saturated carbocycles. The number of rotatable bonds is 1. The van der Waals surface area contributed by atoms with E-state index in [2.05, 4.69) is 0 Å². The molecule has 0 heterocycles. The second-order valence-electron chi connectivity index (χ2n) is 3.37. The molecule has 18 heavy (non-hydrogen) atoms. The van der Waals surface area contributed by atoms with Gasteiger partial charge in [-0.05, 0) is 48.5 Å². The summed E-state index contributed by atoms with van der Waals surface area (Å²) in [6, 6.07) is 11.1. The molecule has 94 valence electrons. The van der Waals surface area contributed by atoms with Gasteiger partial charge in [-0.1, -0.05) is 0 Å². The molecule has 0 aliphatic rings. The Bertz CT molecular complexity index is 481. The lowest BCUT2D eigenvalue weighted by atomic mass is 10.2. The molecule has 0 atom stereocenters. The van der Waals surface area contributed by atoms with Crippen LogP contribution in [0.1, 0.15) is 10.4 Å². The molecular formula is C13H12O5. The molecular weight excluding hydrogens is 236 g/mol. The highest BCUT2D eigenvalue weighted by Crippen LogP contribution is 2.13.